The Bertz CT molecular complexity index is 234. The molecule has 0 spiro atoms. The molecule has 0 saturated heterocycles. The van der Waals surface area contributed by atoms with Crippen LogP contribution in [0.4, 0.5) is 0 Å². The molecule has 10 heavy (non-hydrogen) atoms. The van der Waals surface area contributed by atoms with Crippen molar-refractivity contribution < 1.29 is 0 Å². The Morgan fingerprint density at radius 2 is 2.10 bits per heavy atom. The van der Waals surface area contributed by atoms with Crippen LogP contribution < -0.4 is 0 Å². The van der Waals surface area contributed by atoms with Crippen molar-refractivity contribution in [2.24, 2.45) is 0 Å². The van der Waals surface area contributed by atoms with E-state index in [1.54, 1.807) is 6.08 Å². The van der Waals surface area contributed by atoms with Gasteiger partial charge in [-0.1, -0.05) is 19.1 Å². The van der Waals surface area contributed by atoms with E-state index in [9.17, 15) is 0 Å². The van der Waals surface area contributed by atoms with Crippen LogP contribution >= 0.6 is 0 Å². The second-order valence-corrected chi connectivity index (χ2v) is 2.19. The minimum Gasteiger partial charge on any atom is -0.299 e. The van der Waals surface area contributed by atoms with Crippen LogP contribution in [0.1, 0.15) is 13.3 Å². The van der Waals surface area contributed by atoms with Crippen LogP contribution in [-0.4, -0.2) is 11.4 Å². The Morgan fingerprint density at radius 1 is 1.40 bits per heavy atom. The van der Waals surface area contributed by atoms with E-state index >= 15 is 0 Å². The molecule has 52 valence electrons. The molecule has 0 aliphatic heterocycles. The maximum absolute atomic E-state index is 7.41. The van der Waals surface area contributed by atoms with Gasteiger partial charge in [-0.2, -0.15) is 0 Å². The van der Waals surface area contributed by atoms with Crippen molar-refractivity contribution in [3.8, 4) is 0 Å². The summed E-state index contributed by atoms with van der Waals surface area (Å²) in [5.41, 5.74) is 1.64. The zero-order valence-corrected chi connectivity index (χ0v) is 5.94. The average Bonchev–Trinajstić information content (AvgIpc) is 1.95. The molecule has 0 radical (unpaired) electrons. The number of allylic oxidation sites excluding steroid dienone is 4. The molecule has 0 amide bonds. The standard InChI is InChI=1S/C8H10N2/c1-2-6-4-3-5-7(9)8(6)10/h3-5,9-10H,2H2,1H3. The number of rotatable bonds is 1. The lowest BCUT2D eigenvalue weighted by Crippen LogP contribution is -2.13. The van der Waals surface area contributed by atoms with Crippen molar-refractivity contribution >= 4 is 11.4 Å². The van der Waals surface area contributed by atoms with Crippen LogP contribution in [0.15, 0.2) is 23.8 Å². The van der Waals surface area contributed by atoms with Crippen LogP contribution in [0.25, 0.3) is 0 Å². The Kier molecular flexibility index (Phi) is 1.81. The molecule has 2 nitrogen and oxygen atoms in total. The van der Waals surface area contributed by atoms with E-state index in [2.05, 4.69) is 0 Å². The van der Waals surface area contributed by atoms with E-state index in [1.165, 1.54) is 0 Å². The molecular formula is C8H10N2. The highest BCUT2D eigenvalue weighted by Gasteiger charge is 2.08. The fraction of sp³-hybridized carbons (Fsp3) is 0.250. The average molecular weight is 134 g/mol. The van der Waals surface area contributed by atoms with Gasteiger partial charge in [-0.15, -0.1) is 0 Å². The van der Waals surface area contributed by atoms with Crippen LogP contribution in [0.5, 0.6) is 0 Å². The van der Waals surface area contributed by atoms with Gasteiger partial charge < -0.3 is 0 Å². The van der Waals surface area contributed by atoms with E-state index in [0.29, 0.717) is 11.4 Å². The molecule has 0 fully saturated rings. The number of hydrogen-bond acceptors (Lipinski definition) is 2. The van der Waals surface area contributed by atoms with Crippen molar-refractivity contribution in [3.63, 3.8) is 0 Å². The quantitative estimate of drug-likeness (QED) is 0.515. The van der Waals surface area contributed by atoms with Crippen LogP contribution in [-0.2, 0) is 0 Å². The van der Waals surface area contributed by atoms with Gasteiger partial charge in [0.05, 0.1) is 11.4 Å². The van der Waals surface area contributed by atoms with Crippen molar-refractivity contribution in [2.75, 3.05) is 0 Å². The fourth-order valence-electron chi connectivity index (χ4n) is 0.895. The normalized spacial score (nSPS) is 17.5. The first-order valence-electron chi connectivity index (χ1n) is 3.30. The predicted molar refractivity (Wildman–Crippen MR) is 43.0 cm³/mol. The predicted octanol–water partition coefficient (Wildman–Crippen LogP) is 1.93. The number of hydrogen-bond donors (Lipinski definition) is 2. The van der Waals surface area contributed by atoms with Crippen LogP contribution in [0.2, 0.25) is 0 Å². The van der Waals surface area contributed by atoms with Gasteiger partial charge in [-0.3, -0.25) is 10.8 Å². The van der Waals surface area contributed by atoms with E-state index in [4.69, 9.17) is 10.8 Å². The molecule has 1 aliphatic carbocycles. The molecule has 0 saturated carbocycles. The Hall–Kier alpha value is -1.18. The summed E-state index contributed by atoms with van der Waals surface area (Å²) in [5, 5.41) is 14.7. The minimum atomic E-state index is 0.319. The van der Waals surface area contributed by atoms with Crippen molar-refractivity contribution in [2.45, 2.75) is 13.3 Å². The van der Waals surface area contributed by atoms with Crippen molar-refractivity contribution in [3.05, 3.63) is 23.8 Å². The van der Waals surface area contributed by atoms with E-state index < -0.39 is 0 Å². The third-order valence-corrected chi connectivity index (χ3v) is 1.53. The lowest BCUT2D eigenvalue weighted by atomic mass is 9.99. The summed E-state index contributed by atoms with van der Waals surface area (Å²) in [6.07, 6.45) is 6.19. The van der Waals surface area contributed by atoms with Gasteiger partial charge in [-0.25, -0.2) is 0 Å². The molecule has 0 bridgehead atoms. The zero-order chi connectivity index (χ0) is 7.56. The van der Waals surface area contributed by atoms with Gasteiger partial charge >= 0.3 is 0 Å². The summed E-state index contributed by atoms with van der Waals surface area (Å²) in [6, 6.07) is 0. The highest BCUT2D eigenvalue weighted by atomic mass is 14.5. The first kappa shape index (κ1) is 6.93. The third kappa shape index (κ3) is 1.05. The van der Waals surface area contributed by atoms with Gasteiger partial charge in [0.25, 0.3) is 0 Å². The lowest BCUT2D eigenvalue weighted by Gasteiger charge is -2.07. The van der Waals surface area contributed by atoms with Gasteiger partial charge in [0, 0.05) is 0 Å². The minimum absolute atomic E-state index is 0.319. The second-order valence-electron chi connectivity index (χ2n) is 2.19. The molecule has 0 atom stereocenters. The van der Waals surface area contributed by atoms with Gasteiger partial charge in [0.2, 0.25) is 0 Å². The molecule has 0 heterocycles. The van der Waals surface area contributed by atoms with E-state index in [-0.39, 0.29) is 0 Å². The maximum Gasteiger partial charge on any atom is 0.0821 e. The van der Waals surface area contributed by atoms with Gasteiger partial charge in [0.1, 0.15) is 0 Å². The molecule has 1 rings (SSSR count). The molecule has 0 aromatic rings. The Morgan fingerprint density at radius 3 is 2.60 bits per heavy atom. The fourth-order valence-corrected chi connectivity index (χ4v) is 0.895. The molecule has 2 heteroatoms. The molecule has 0 aromatic carbocycles. The van der Waals surface area contributed by atoms with Gasteiger partial charge in [0.15, 0.2) is 0 Å². The van der Waals surface area contributed by atoms with Crippen LogP contribution in [0.3, 0.4) is 0 Å². The first-order chi connectivity index (χ1) is 4.75. The summed E-state index contributed by atoms with van der Waals surface area (Å²) < 4.78 is 0. The SMILES string of the molecule is CCC1=CC=CC(=N)C1=N. The number of nitrogens with one attached hydrogen (secondary N) is 2. The molecular weight excluding hydrogens is 124 g/mol. The zero-order valence-electron chi connectivity index (χ0n) is 5.94. The van der Waals surface area contributed by atoms with E-state index in [1.807, 2.05) is 19.1 Å². The molecule has 0 unspecified atom stereocenters. The molecule has 0 aromatic heterocycles. The summed E-state index contributed by atoms with van der Waals surface area (Å²) in [5.74, 6) is 0. The third-order valence-electron chi connectivity index (χ3n) is 1.53. The second kappa shape index (κ2) is 2.60. The van der Waals surface area contributed by atoms with Crippen molar-refractivity contribution in [1.82, 2.24) is 0 Å². The topological polar surface area (TPSA) is 47.7 Å². The van der Waals surface area contributed by atoms with Crippen molar-refractivity contribution in [1.29, 1.82) is 10.8 Å². The molecule has 1 aliphatic rings. The maximum atomic E-state index is 7.41. The Labute approximate surface area is 60.3 Å². The lowest BCUT2D eigenvalue weighted by molar-refractivity contribution is 1.16. The van der Waals surface area contributed by atoms with Crippen LogP contribution in [0, 0.1) is 10.8 Å². The summed E-state index contributed by atoms with van der Waals surface area (Å²) in [7, 11) is 0. The monoisotopic (exact) mass is 134 g/mol. The highest BCUT2D eigenvalue weighted by molar-refractivity contribution is 6.50. The Balaban J connectivity index is 2.92. The highest BCUT2D eigenvalue weighted by Crippen LogP contribution is 2.08. The first-order valence-corrected chi connectivity index (χ1v) is 3.30. The largest absolute Gasteiger partial charge is 0.299 e. The van der Waals surface area contributed by atoms with E-state index in [0.717, 1.165) is 12.0 Å². The summed E-state index contributed by atoms with van der Waals surface area (Å²) >= 11 is 0. The molecule has 2 N–H and O–H groups in total. The summed E-state index contributed by atoms with van der Waals surface area (Å²) in [6.45, 7) is 1.99. The smallest absolute Gasteiger partial charge is 0.0821 e. The summed E-state index contributed by atoms with van der Waals surface area (Å²) in [4.78, 5) is 0. The van der Waals surface area contributed by atoms with Gasteiger partial charge in [-0.05, 0) is 18.1 Å².